The molecule has 3 aliphatic heterocycles. The Morgan fingerprint density at radius 3 is 1.93 bits per heavy atom. The molecule has 3 heterocycles. The molecule has 1 unspecified atom stereocenters. The maximum atomic E-state index is 11.9. The van der Waals surface area contributed by atoms with Gasteiger partial charge in [-0.1, -0.05) is 0 Å². The highest BCUT2D eigenvalue weighted by Gasteiger charge is 2.52. The normalized spacial score (nSPS) is 45.8. The number of carbonyl (C=O) groups excluding carboxylic acids is 1. The van der Waals surface area contributed by atoms with E-state index in [1.165, 1.54) is 0 Å². The first kappa shape index (κ1) is 34.3. The Balaban J connectivity index is 1.84. The molecular weight excluding hydrogens is 590 g/mol. The lowest BCUT2D eigenvalue weighted by atomic mass is 9.95. The van der Waals surface area contributed by atoms with Gasteiger partial charge in [-0.3, -0.25) is 9.35 Å². The van der Waals surface area contributed by atoms with Gasteiger partial charge in [-0.15, -0.1) is 0 Å². The van der Waals surface area contributed by atoms with Crippen LogP contribution >= 0.6 is 0 Å². The molecule has 3 aliphatic rings. The first-order valence-electron chi connectivity index (χ1n) is 12.2. The first-order valence-corrected chi connectivity index (χ1v) is 13.6. The minimum atomic E-state index is -5.09. The third-order valence-corrected chi connectivity index (χ3v) is 7.11. The van der Waals surface area contributed by atoms with Crippen molar-refractivity contribution in [2.75, 3.05) is 19.8 Å². The monoisotopic (exact) mass is 625 g/mol. The van der Waals surface area contributed by atoms with Gasteiger partial charge in [0.2, 0.25) is 5.91 Å². The van der Waals surface area contributed by atoms with Crippen molar-refractivity contribution in [2.45, 2.75) is 99.0 Å². The minimum Gasteiger partial charge on any atom is -0.394 e. The fourth-order valence-electron chi connectivity index (χ4n) is 4.50. The molecule has 0 spiro atoms. The van der Waals surface area contributed by atoms with Crippen molar-refractivity contribution in [3.8, 4) is 0 Å². The molecule has 0 aromatic rings. The van der Waals surface area contributed by atoms with Crippen LogP contribution in [0.25, 0.3) is 0 Å². The van der Waals surface area contributed by atoms with Gasteiger partial charge in [0, 0.05) is 6.92 Å². The van der Waals surface area contributed by atoms with Crippen molar-refractivity contribution in [3.63, 3.8) is 0 Å². The quantitative estimate of drug-likeness (QED) is 0.100. The summed E-state index contributed by atoms with van der Waals surface area (Å²) in [5.41, 5.74) is 0. The van der Waals surface area contributed by atoms with Crippen LogP contribution in [0.4, 0.5) is 0 Å². The molecule has 0 bridgehead atoms. The second-order valence-corrected chi connectivity index (χ2v) is 10.7. The van der Waals surface area contributed by atoms with E-state index >= 15 is 0 Å². The summed E-state index contributed by atoms with van der Waals surface area (Å²) in [6.45, 7) is -1.53. The van der Waals surface area contributed by atoms with Gasteiger partial charge in [-0.2, -0.15) is 8.42 Å². The Kier molecular flexibility index (Phi) is 11.7. The Labute approximate surface area is 232 Å². The highest BCUT2D eigenvalue weighted by molar-refractivity contribution is 7.80. The van der Waals surface area contributed by atoms with Gasteiger partial charge >= 0.3 is 10.4 Å². The zero-order chi connectivity index (χ0) is 30.8. The molecule has 0 aromatic carbocycles. The molecule has 41 heavy (non-hydrogen) atoms. The predicted molar refractivity (Wildman–Crippen MR) is 123 cm³/mol. The summed E-state index contributed by atoms with van der Waals surface area (Å²) in [4.78, 5) is 11.9. The van der Waals surface area contributed by atoms with E-state index < -0.39 is 128 Å². The molecule has 1 amide bonds. The van der Waals surface area contributed by atoms with E-state index in [1.54, 1.807) is 0 Å². The van der Waals surface area contributed by atoms with Crippen molar-refractivity contribution < 1.29 is 91.6 Å². The van der Waals surface area contributed by atoms with Crippen LogP contribution in [-0.2, 0) is 43.1 Å². The van der Waals surface area contributed by atoms with Gasteiger partial charge in [0.05, 0.1) is 19.8 Å². The number of aliphatic hydroxyl groups excluding tert-OH is 9. The number of nitrogens with one attached hydrogen (secondary N) is 1. The van der Waals surface area contributed by atoms with Crippen LogP contribution in [0, 0.1) is 0 Å². The second kappa shape index (κ2) is 14.0. The van der Waals surface area contributed by atoms with Gasteiger partial charge in [-0.25, -0.2) is 4.18 Å². The maximum absolute atomic E-state index is 11.9. The smallest absolute Gasteiger partial charge is 0.394 e. The van der Waals surface area contributed by atoms with Gasteiger partial charge in [0.15, 0.2) is 18.9 Å². The molecule has 0 saturated carbocycles. The molecule has 0 aliphatic carbocycles. The van der Waals surface area contributed by atoms with Crippen molar-refractivity contribution in [1.82, 2.24) is 5.32 Å². The van der Waals surface area contributed by atoms with Gasteiger partial charge in [-0.05, 0) is 0 Å². The zero-order valence-electron chi connectivity index (χ0n) is 21.3. The van der Waals surface area contributed by atoms with Crippen LogP contribution in [-0.4, -0.2) is 177 Å². The van der Waals surface area contributed by atoms with E-state index in [9.17, 15) is 59.2 Å². The Morgan fingerprint density at radius 1 is 0.756 bits per heavy atom. The van der Waals surface area contributed by atoms with E-state index in [0.717, 1.165) is 6.92 Å². The third-order valence-electron chi connectivity index (χ3n) is 6.68. The fraction of sp³-hybridized carbons (Fsp3) is 0.950. The molecule has 3 fully saturated rings. The summed E-state index contributed by atoms with van der Waals surface area (Å²) >= 11 is 0. The number of carbonyl (C=O) groups is 1. The lowest BCUT2D eigenvalue weighted by Crippen LogP contribution is -2.68. The summed E-state index contributed by atoms with van der Waals surface area (Å²) < 4.78 is 62.8. The molecule has 21 heteroatoms. The first-order chi connectivity index (χ1) is 19.0. The molecular formula is C20H35NO19S. The second-order valence-electron chi connectivity index (χ2n) is 9.64. The van der Waals surface area contributed by atoms with Crippen LogP contribution in [0.3, 0.4) is 0 Å². The maximum Gasteiger partial charge on any atom is 0.397 e. The molecule has 11 N–H and O–H groups in total. The standard InChI is InChI=1S/C20H35NO19S/c1-5(23)21-9-12(26)17(40-20-16(30)14(28)10(24)6(2-22)38-20)8(4-36-41(32,33)34)39-19(9)35-3-7-11(25)13(27)15(29)18(31)37-7/h6-20,22,24-31H,2-4H2,1H3,(H,21,23)(H,32,33,34)/t6-,7-,8-,9-,10+,11-,12-,13+,14+,15+,16-,17-,18?,19-,20+/m1/s1. The Morgan fingerprint density at radius 2 is 1.34 bits per heavy atom. The van der Waals surface area contributed by atoms with Gasteiger partial charge in [0.1, 0.15) is 73.2 Å². The summed E-state index contributed by atoms with van der Waals surface area (Å²) in [7, 11) is -5.09. The van der Waals surface area contributed by atoms with Crippen molar-refractivity contribution >= 4 is 16.3 Å². The zero-order valence-corrected chi connectivity index (χ0v) is 22.2. The van der Waals surface area contributed by atoms with Crippen molar-refractivity contribution in [3.05, 3.63) is 0 Å². The van der Waals surface area contributed by atoms with Crippen molar-refractivity contribution in [2.24, 2.45) is 0 Å². The minimum absolute atomic E-state index is 0.695. The SMILES string of the molecule is CC(=O)N[C@H]1[C@H](OC[C@H]2OC(O)[C@@H](O)[C@@H](O)[C@@H]2O)O[C@H](COS(=O)(=O)O)[C@@H](O[C@@H]2O[C@H](CO)[C@H](O)[C@H](O)[C@H]2O)[C@@H]1O. The van der Waals surface area contributed by atoms with Gasteiger partial charge < -0.3 is 75.0 Å². The topological polar surface area (TPSA) is 321 Å². The number of amides is 1. The van der Waals surface area contributed by atoms with E-state index in [-0.39, 0.29) is 0 Å². The van der Waals surface area contributed by atoms with Crippen LogP contribution in [0.5, 0.6) is 0 Å². The molecule has 240 valence electrons. The number of ether oxygens (including phenoxy) is 5. The van der Waals surface area contributed by atoms with E-state index in [0.29, 0.717) is 0 Å². The summed E-state index contributed by atoms with van der Waals surface area (Å²) in [6, 6.07) is -1.55. The van der Waals surface area contributed by atoms with Gasteiger partial charge in [0.25, 0.3) is 0 Å². The number of hydrogen-bond acceptors (Lipinski definition) is 18. The fourth-order valence-corrected chi connectivity index (χ4v) is 4.81. The Bertz CT molecular complexity index is 970. The summed E-state index contributed by atoms with van der Waals surface area (Å²) in [5.74, 6) is -0.742. The van der Waals surface area contributed by atoms with E-state index in [4.69, 9.17) is 28.2 Å². The number of rotatable bonds is 10. The van der Waals surface area contributed by atoms with Crippen LogP contribution in [0.2, 0.25) is 0 Å². The molecule has 20 nitrogen and oxygen atoms in total. The third kappa shape index (κ3) is 8.24. The van der Waals surface area contributed by atoms with Crippen LogP contribution in [0.1, 0.15) is 6.92 Å². The molecule has 0 aromatic heterocycles. The summed E-state index contributed by atoms with van der Waals surface area (Å²) in [5, 5.41) is 92.7. The number of aliphatic hydroxyl groups is 9. The lowest BCUT2D eigenvalue weighted by molar-refractivity contribution is -0.351. The molecule has 3 rings (SSSR count). The van der Waals surface area contributed by atoms with E-state index in [2.05, 4.69) is 9.50 Å². The predicted octanol–water partition coefficient (Wildman–Crippen LogP) is -7.60. The molecule has 0 radical (unpaired) electrons. The number of hydrogen-bond donors (Lipinski definition) is 11. The van der Waals surface area contributed by atoms with Crippen molar-refractivity contribution in [1.29, 1.82) is 0 Å². The van der Waals surface area contributed by atoms with Crippen LogP contribution in [0.15, 0.2) is 0 Å². The average Bonchev–Trinajstić information content (AvgIpc) is 2.90. The average molecular weight is 626 g/mol. The Hall–Kier alpha value is -1.22. The highest BCUT2D eigenvalue weighted by Crippen LogP contribution is 2.31. The largest absolute Gasteiger partial charge is 0.397 e. The lowest BCUT2D eigenvalue weighted by Gasteiger charge is -2.47. The molecule has 3 saturated heterocycles. The van der Waals surface area contributed by atoms with E-state index in [1.807, 2.05) is 0 Å². The summed E-state index contributed by atoms with van der Waals surface area (Å²) in [6.07, 6.45) is -24.9. The highest BCUT2D eigenvalue weighted by atomic mass is 32.3. The van der Waals surface area contributed by atoms with Crippen LogP contribution < -0.4 is 5.32 Å². The molecule has 15 atom stereocenters.